The summed E-state index contributed by atoms with van der Waals surface area (Å²) in [6, 6.07) is 8.16. The standard InChI is InChI=1S/C24H22N2O7S/c1-2-17-13-25(34(30,31)22-8-4-3-7-19(22)26(28)29)23-9-5-6-10-24(17,23)18-12-21-20(32-15-33-21)11-16(18)14-27/h2-4,6-8,10-12,14,23H,5,9,13,15H2,1H3/b17-2+. The van der Waals surface area contributed by atoms with Crippen LogP contribution in [0.5, 0.6) is 11.5 Å². The van der Waals surface area contributed by atoms with E-state index in [2.05, 4.69) is 0 Å². The summed E-state index contributed by atoms with van der Waals surface area (Å²) in [6.07, 6.45) is 7.65. The minimum absolute atomic E-state index is 0.0397. The zero-order valence-electron chi connectivity index (χ0n) is 18.3. The van der Waals surface area contributed by atoms with E-state index < -0.39 is 32.1 Å². The number of hydrogen-bond donors (Lipinski definition) is 0. The highest BCUT2D eigenvalue weighted by Crippen LogP contribution is 2.53. The number of allylic oxidation sites excluding steroid dienone is 2. The van der Waals surface area contributed by atoms with Crippen molar-refractivity contribution in [1.29, 1.82) is 0 Å². The van der Waals surface area contributed by atoms with Gasteiger partial charge >= 0.3 is 0 Å². The van der Waals surface area contributed by atoms with Crippen LogP contribution in [-0.2, 0) is 15.4 Å². The summed E-state index contributed by atoms with van der Waals surface area (Å²) in [5, 5.41) is 11.6. The molecule has 2 unspecified atom stereocenters. The van der Waals surface area contributed by atoms with Crippen LogP contribution in [0.4, 0.5) is 5.69 Å². The van der Waals surface area contributed by atoms with Gasteiger partial charge in [0.15, 0.2) is 22.7 Å². The van der Waals surface area contributed by atoms with Crippen LogP contribution in [0.3, 0.4) is 0 Å². The Bertz CT molecular complexity index is 1370. The lowest BCUT2D eigenvalue weighted by Crippen LogP contribution is -2.46. The van der Waals surface area contributed by atoms with Crippen molar-refractivity contribution >= 4 is 22.0 Å². The van der Waals surface area contributed by atoms with Crippen molar-refractivity contribution in [2.24, 2.45) is 0 Å². The number of aldehydes is 1. The number of hydrogen-bond acceptors (Lipinski definition) is 7. The molecule has 9 nitrogen and oxygen atoms in total. The Kier molecular flexibility index (Phi) is 5.29. The third kappa shape index (κ3) is 3.09. The van der Waals surface area contributed by atoms with Crippen LogP contribution in [0, 0.1) is 10.1 Å². The van der Waals surface area contributed by atoms with Gasteiger partial charge in [-0.25, -0.2) is 8.42 Å². The van der Waals surface area contributed by atoms with E-state index in [9.17, 15) is 23.3 Å². The van der Waals surface area contributed by atoms with Gasteiger partial charge in [0.2, 0.25) is 6.79 Å². The molecule has 10 heteroatoms. The first-order chi connectivity index (χ1) is 16.3. The van der Waals surface area contributed by atoms with Gasteiger partial charge in [0.05, 0.1) is 10.3 Å². The molecule has 176 valence electrons. The average Bonchev–Trinajstić information content (AvgIpc) is 3.45. The monoisotopic (exact) mass is 482 g/mol. The van der Waals surface area contributed by atoms with Gasteiger partial charge in [0.1, 0.15) is 0 Å². The fourth-order valence-corrected chi connectivity index (χ4v) is 7.18. The summed E-state index contributed by atoms with van der Waals surface area (Å²) in [5.41, 5.74) is 0.412. The third-order valence-electron chi connectivity index (χ3n) is 6.83. The molecule has 0 aromatic heterocycles. The van der Waals surface area contributed by atoms with Gasteiger partial charge in [-0.15, -0.1) is 0 Å². The number of carbonyl (C=O) groups is 1. The molecule has 2 heterocycles. The third-order valence-corrected chi connectivity index (χ3v) is 8.73. The number of ether oxygens (including phenoxy) is 2. The largest absolute Gasteiger partial charge is 0.454 e. The van der Waals surface area contributed by atoms with Crippen molar-refractivity contribution in [3.8, 4) is 11.5 Å². The highest BCUT2D eigenvalue weighted by molar-refractivity contribution is 7.89. The van der Waals surface area contributed by atoms with Gasteiger partial charge in [-0.2, -0.15) is 4.31 Å². The van der Waals surface area contributed by atoms with Gasteiger partial charge in [0, 0.05) is 24.2 Å². The fourth-order valence-electron chi connectivity index (χ4n) is 5.35. The molecule has 2 aliphatic heterocycles. The molecule has 2 aromatic rings. The molecular formula is C24H22N2O7S. The molecule has 0 amide bonds. The molecule has 2 aromatic carbocycles. The van der Waals surface area contributed by atoms with Gasteiger partial charge in [-0.3, -0.25) is 14.9 Å². The molecule has 0 spiro atoms. The van der Waals surface area contributed by atoms with E-state index in [4.69, 9.17) is 9.47 Å². The van der Waals surface area contributed by atoms with Gasteiger partial charge in [-0.1, -0.05) is 30.4 Å². The molecule has 34 heavy (non-hydrogen) atoms. The van der Waals surface area contributed by atoms with E-state index in [0.29, 0.717) is 35.5 Å². The van der Waals surface area contributed by atoms with E-state index in [1.165, 1.54) is 28.6 Å². The fraction of sp³-hybridized carbons (Fsp3) is 0.292. The summed E-state index contributed by atoms with van der Waals surface area (Å²) < 4.78 is 40.0. The lowest BCUT2D eigenvalue weighted by Gasteiger charge is -2.39. The minimum Gasteiger partial charge on any atom is -0.454 e. The van der Waals surface area contributed by atoms with Crippen molar-refractivity contribution in [3.05, 3.63) is 81.4 Å². The lowest BCUT2D eigenvalue weighted by atomic mass is 9.66. The van der Waals surface area contributed by atoms with Crippen LogP contribution in [-0.4, -0.2) is 43.3 Å². The second-order valence-corrected chi connectivity index (χ2v) is 10.2. The Balaban J connectivity index is 1.72. The number of rotatable bonds is 5. The second kappa shape index (κ2) is 8.07. The normalized spacial score (nSPS) is 24.9. The average molecular weight is 483 g/mol. The SMILES string of the molecule is C/C=C1\CN(S(=O)(=O)c2ccccc2[N+](=O)[O-])C2CCC=CC12c1cc2c(cc1C=O)OCO2. The molecule has 1 fully saturated rings. The molecule has 0 N–H and O–H groups in total. The first-order valence-corrected chi connectivity index (χ1v) is 12.3. The maximum Gasteiger partial charge on any atom is 0.289 e. The van der Waals surface area contributed by atoms with Gasteiger partial charge in [-0.05, 0) is 49.1 Å². The van der Waals surface area contributed by atoms with E-state index in [-0.39, 0.29) is 18.2 Å². The number of sulfonamides is 1. The smallest absolute Gasteiger partial charge is 0.289 e. The van der Waals surface area contributed by atoms with Crippen molar-refractivity contribution in [1.82, 2.24) is 4.31 Å². The molecule has 0 saturated carbocycles. The van der Waals surface area contributed by atoms with E-state index in [1.807, 2.05) is 25.2 Å². The first-order valence-electron chi connectivity index (χ1n) is 10.8. The van der Waals surface area contributed by atoms with Crippen molar-refractivity contribution in [3.63, 3.8) is 0 Å². The number of nitro groups is 1. The molecule has 1 aliphatic carbocycles. The second-order valence-electron chi connectivity index (χ2n) is 8.36. The Morgan fingerprint density at radius 1 is 1.21 bits per heavy atom. The zero-order chi connectivity index (χ0) is 24.1. The number of para-hydroxylation sites is 1. The summed E-state index contributed by atoms with van der Waals surface area (Å²) >= 11 is 0. The van der Waals surface area contributed by atoms with Crippen LogP contribution in [0.1, 0.15) is 35.7 Å². The number of nitrogens with zero attached hydrogens (tertiary/aromatic N) is 2. The maximum atomic E-state index is 13.8. The Morgan fingerprint density at radius 3 is 2.65 bits per heavy atom. The number of carbonyl (C=O) groups excluding carboxylic acids is 1. The molecule has 5 rings (SSSR count). The van der Waals surface area contributed by atoms with Crippen molar-refractivity contribution < 1.29 is 27.6 Å². The van der Waals surface area contributed by atoms with E-state index in [0.717, 1.165) is 11.9 Å². The maximum absolute atomic E-state index is 13.8. The molecular weight excluding hydrogens is 460 g/mol. The quantitative estimate of drug-likeness (QED) is 0.276. The first kappa shape index (κ1) is 22.3. The molecule has 0 bridgehead atoms. The number of fused-ring (bicyclic) bond motifs is 2. The van der Waals surface area contributed by atoms with E-state index >= 15 is 0 Å². The molecule has 0 radical (unpaired) electrons. The molecule has 3 aliphatic rings. The van der Waals surface area contributed by atoms with Crippen LogP contribution < -0.4 is 9.47 Å². The van der Waals surface area contributed by atoms with Crippen LogP contribution in [0.2, 0.25) is 0 Å². The zero-order valence-corrected chi connectivity index (χ0v) is 19.2. The van der Waals surface area contributed by atoms with Crippen LogP contribution in [0.15, 0.2) is 65.1 Å². The summed E-state index contributed by atoms with van der Waals surface area (Å²) in [4.78, 5) is 22.7. The van der Waals surface area contributed by atoms with Gasteiger partial charge in [0.25, 0.3) is 15.7 Å². The number of benzene rings is 2. The summed E-state index contributed by atoms with van der Waals surface area (Å²) in [6.45, 7) is 1.91. The Labute approximate surface area is 196 Å². The summed E-state index contributed by atoms with van der Waals surface area (Å²) in [5.74, 6) is 0.950. The summed E-state index contributed by atoms with van der Waals surface area (Å²) in [7, 11) is -4.23. The van der Waals surface area contributed by atoms with Crippen molar-refractivity contribution in [2.45, 2.75) is 36.1 Å². The minimum atomic E-state index is -4.23. The molecule has 1 saturated heterocycles. The Hall–Kier alpha value is -3.50. The highest BCUT2D eigenvalue weighted by atomic mass is 32.2. The topological polar surface area (TPSA) is 116 Å². The molecule has 2 atom stereocenters. The predicted octanol–water partition coefficient (Wildman–Crippen LogP) is 3.74. The van der Waals surface area contributed by atoms with E-state index in [1.54, 1.807) is 12.1 Å². The van der Waals surface area contributed by atoms with Gasteiger partial charge < -0.3 is 9.47 Å². The van der Waals surface area contributed by atoms with Crippen LogP contribution >= 0.6 is 0 Å². The number of nitro benzene ring substituents is 1. The van der Waals surface area contributed by atoms with Crippen LogP contribution in [0.25, 0.3) is 0 Å². The van der Waals surface area contributed by atoms with Crippen molar-refractivity contribution in [2.75, 3.05) is 13.3 Å². The lowest BCUT2D eigenvalue weighted by molar-refractivity contribution is -0.387. The Morgan fingerprint density at radius 2 is 1.94 bits per heavy atom. The predicted molar refractivity (Wildman–Crippen MR) is 123 cm³/mol. The highest BCUT2D eigenvalue weighted by Gasteiger charge is 2.56.